The van der Waals surface area contributed by atoms with E-state index in [4.69, 9.17) is 0 Å². The fraction of sp³-hybridized carbons (Fsp3) is 0.143. The molecule has 2 rings (SSSR count). The summed E-state index contributed by atoms with van der Waals surface area (Å²) >= 11 is 0. The Balaban J connectivity index is 2.10. The van der Waals surface area contributed by atoms with Crippen molar-refractivity contribution in [1.82, 2.24) is 0 Å². The van der Waals surface area contributed by atoms with Crippen molar-refractivity contribution in [3.8, 4) is 0 Å². The average Bonchev–Trinajstić information content (AvgIpc) is 2.37. The molecular weight excluding hydrogens is 296 g/mol. The molecule has 0 aliphatic rings. The van der Waals surface area contributed by atoms with Crippen molar-refractivity contribution in [1.29, 1.82) is 0 Å². The molecule has 2 aromatic rings. The van der Waals surface area contributed by atoms with Crippen LogP contribution in [0.1, 0.15) is 11.1 Å². The first-order valence-electron chi connectivity index (χ1n) is 5.82. The van der Waals surface area contributed by atoms with E-state index in [0.717, 1.165) is 12.1 Å². The summed E-state index contributed by atoms with van der Waals surface area (Å²) in [7, 11) is 0. The third-order valence-electron chi connectivity index (χ3n) is 2.76. The zero-order chi connectivity index (χ0) is 15.6. The number of benzene rings is 2. The smallest absolute Gasteiger partial charge is 0.376 e. The molecule has 1 N–H and O–H groups in total. The van der Waals surface area contributed by atoms with E-state index < -0.39 is 34.9 Å². The number of hydrogen-bond acceptors (Lipinski definition) is 1. The Morgan fingerprint density at radius 1 is 0.857 bits per heavy atom. The molecule has 1 nitrogen and oxygen atoms in total. The summed E-state index contributed by atoms with van der Waals surface area (Å²) in [5.74, 6) is -3.27. The van der Waals surface area contributed by atoms with E-state index >= 15 is 0 Å². The van der Waals surface area contributed by atoms with Gasteiger partial charge in [-0.2, -0.15) is 13.2 Å². The Kier molecular flexibility index (Phi) is 4.11. The summed E-state index contributed by atoms with van der Waals surface area (Å²) in [4.78, 5) is 0. The van der Waals surface area contributed by atoms with Gasteiger partial charge in [0.1, 0.15) is 11.5 Å². The lowest BCUT2D eigenvalue weighted by atomic mass is 10.1. The number of hydrogen-bond donors (Lipinski definition) is 1. The lowest BCUT2D eigenvalue weighted by Crippen LogP contribution is -2.07. The van der Waals surface area contributed by atoms with Crippen molar-refractivity contribution in [3.63, 3.8) is 0 Å². The minimum absolute atomic E-state index is 0.0996. The second-order valence-corrected chi connectivity index (χ2v) is 4.29. The predicted molar refractivity (Wildman–Crippen MR) is 65.1 cm³/mol. The van der Waals surface area contributed by atoms with Gasteiger partial charge in [-0.1, -0.05) is 12.1 Å². The molecule has 0 aliphatic carbocycles. The molecule has 0 saturated carbocycles. The van der Waals surface area contributed by atoms with Crippen molar-refractivity contribution in [2.45, 2.75) is 12.7 Å². The monoisotopic (exact) mass is 305 g/mol. The van der Waals surface area contributed by atoms with Crippen molar-refractivity contribution in [3.05, 3.63) is 65.0 Å². The molecule has 7 heteroatoms. The molecule has 0 fully saturated rings. The quantitative estimate of drug-likeness (QED) is 0.808. The van der Waals surface area contributed by atoms with E-state index in [9.17, 15) is 26.3 Å². The van der Waals surface area contributed by atoms with E-state index in [2.05, 4.69) is 5.32 Å². The number of halogens is 6. The molecule has 0 aliphatic heterocycles. The number of rotatable bonds is 3. The third-order valence-corrected chi connectivity index (χ3v) is 2.76. The third kappa shape index (κ3) is 3.68. The second-order valence-electron chi connectivity index (χ2n) is 4.29. The molecule has 0 aromatic heterocycles. The van der Waals surface area contributed by atoms with Gasteiger partial charge in [0.2, 0.25) is 0 Å². The van der Waals surface area contributed by atoms with Gasteiger partial charge in [-0.05, 0) is 17.7 Å². The van der Waals surface area contributed by atoms with Gasteiger partial charge in [0.25, 0.3) is 0 Å². The molecule has 112 valence electrons. The first-order chi connectivity index (χ1) is 9.77. The van der Waals surface area contributed by atoms with Gasteiger partial charge in [-0.3, -0.25) is 0 Å². The summed E-state index contributed by atoms with van der Waals surface area (Å²) in [5, 5.41) is 2.39. The van der Waals surface area contributed by atoms with Crippen LogP contribution in [0.3, 0.4) is 0 Å². The fourth-order valence-electron chi connectivity index (χ4n) is 1.71. The van der Waals surface area contributed by atoms with E-state index in [0.29, 0.717) is 17.7 Å². The van der Waals surface area contributed by atoms with E-state index in [1.165, 1.54) is 12.1 Å². The predicted octanol–water partition coefficient (Wildman–Crippen LogP) is 4.73. The molecule has 0 saturated heterocycles. The second kappa shape index (κ2) is 5.67. The zero-order valence-electron chi connectivity index (χ0n) is 10.4. The van der Waals surface area contributed by atoms with Crippen LogP contribution in [0.5, 0.6) is 0 Å². The molecule has 0 bridgehead atoms. The molecule has 0 spiro atoms. The number of nitrogens with one attached hydrogen (secondary N) is 1. The first-order valence-corrected chi connectivity index (χ1v) is 5.82. The van der Waals surface area contributed by atoms with Crippen molar-refractivity contribution in [2.75, 3.05) is 5.32 Å². The Labute approximate surface area is 116 Å². The molecule has 2 aromatic carbocycles. The number of anilines is 1. The zero-order valence-corrected chi connectivity index (χ0v) is 10.4. The Morgan fingerprint density at radius 3 is 1.86 bits per heavy atom. The van der Waals surface area contributed by atoms with Crippen LogP contribution < -0.4 is 5.32 Å². The topological polar surface area (TPSA) is 12.0 Å². The van der Waals surface area contributed by atoms with Gasteiger partial charge in [-0.15, -0.1) is 0 Å². The number of alkyl halides is 3. The molecule has 0 radical (unpaired) electrons. The lowest BCUT2D eigenvalue weighted by Gasteiger charge is -2.10. The molecule has 0 unspecified atom stereocenters. The van der Waals surface area contributed by atoms with Crippen LogP contribution in [-0.4, -0.2) is 0 Å². The van der Waals surface area contributed by atoms with Crippen LogP contribution in [0.2, 0.25) is 0 Å². The van der Waals surface area contributed by atoms with Crippen LogP contribution >= 0.6 is 0 Å². The van der Waals surface area contributed by atoms with E-state index in [1.54, 1.807) is 0 Å². The van der Waals surface area contributed by atoms with Gasteiger partial charge in [0, 0.05) is 18.7 Å². The van der Waals surface area contributed by atoms with Crippen LogP contribution in [0, 0.1) is 17.5 Å². The first kappa shape index (κ1) is 15.2. The molecule has 0 atom stereocenters. The van der Waals surface area contributed by atoms with Crippen LogP contribution in [0.15, 0.2) is 36.4 Å². The normalized spacial score (nSPS) is 11.5. The highest BCUT2D eigenvalue weighted by Crippen LogP contribution is 2.29. The molecule has 21 heavy (non-hydrogen) atoms. The standard InChI is InChI=1S/C14H9F6N/c15-10-5-11(16)13(12(17)6-10)21-7-8-1-3-9(4-2-8)14(18,19)20/h1-6,21H,7H2. The highest BCUT2D eigenvalue weighted by atomic mass is 19.4. The summed E-state index contributed by atoms with van der Waals surface area (Å²) in [6, 6.07) is 5.14. The average molecular weight is 305 g/mol. The highest BCUT2D eigenvalue weighted by molar-refractivity contribution is 5.47. The van der Waals surface area contributed by atoms with E-state index in [-0.39, 0.29) is 6.54 Å². The minimum Gasteiger partial charge on any atom is -0.376 e. The molecule has 0 amide bonds. The Hall–Kier alpha value is -2.18. The van der Waals surface area contributed by atoms with Gasteiger partial charge < -0.3 is 5.32 Å². The largest absolute Gasteiger partial charge is 0.416 e. The Bertz CT molecular complexity index is 610. The maximum atomic E-state index is 13.3. The van der Waals surface area contributed by atoms with Crippen LogP contribution in [0.4, 0.5) is 32.0 Å². The van der Waals surface area contributed by atoms with Crippen molar-refractivity contribution >= 4 is 5.69 Å². The maximum absolute atomic E-state index is 13.3. The SMILES string of the molecule is Fc1cc(F)c(NCc2ccc(C(F)(F)F)cc2)c(F)c1. The van der Waals surface area contributed by atoms with E-state index in [1.807, 2.05) is 0 Å². The summed E-state index contributed by atoms with van der Waals surface area (Å²) in [5.41, 5.74) is -0.951. The van der Waals surface area contributed by atoms with Gasteiger partial charge in [0.15, 0.2) is 11.6 Å². The fourth-order valence-corrected chi connectivity index (χ4v) is 1.71. The van der Waals surface area contributed by atoms with Gasteiger partial charge >= 0.3 is 6.18 Å². The van der Waals surface area contributed by atoms with Crippen molar-refractivity contribution < 1.29 is 26.3 Å². The molecule has 0 heterocycles. The van der Waals surface area contributed by atoms with Gasteiger partial charge in [-0.25, -0.2) is 13.2 Å². The minimum atomic E-state index is -4.44. The maximum Gasteiger partial charge on any atom is 0.416 e. The van der Waals surface area contributed by atoms with Gasteiger partial charge in [0.05, 0.1) is 5.56 Å². The summed E-state index contributed by atoms with van der Waals surface area (Å²) in [6.45, 7) is -0.0996. The van der Waals surface area contributed by atoms with Crippen molar-refractivity contribution in [2.24, 2.45) is 0 Å². The van der Waals surface area contributed by atoms with Crippen LogP contribution in [-0.2, 0) is 12.7 Å². The Morgan fingerprint density at radius 2 is 1.38 bits per heavy atom. The van der Waals surface area contributed by atoms with Crippen LogP contribution in [0.25, 0.3) is 0 Å². The highest BCUT2D eigenvalue weighted by Gasteiger charge is 2.29. The lowest BCUT2D eigenvalue weighted by molar-refractivity contribution is -0.137. The molecular formula is C14H9F6N. The summed E-state index contributed by atoms with van der Waals surface area (Å²) in [6.07, 6.45) is -4.44. The summed E-state index contributed by atoms with van der Waals surface area (Å²) < 4.78 is 76.5.